The molecule has 0 aliphatic rings. The van der Waals surface area contributed by atoms with E-state index in [1.807, 2.05) is 18.7 Å². The van der Waals surface area contributed by atoms with E-state index in [1.165, 1.54) is 10.5 Å². The highest BCUT2D eigenvalue weighted by Crippen LogP contribution is 2.35. The Balaban J connectivity index is 2.75. The number of hydrogen-bond donors (Lipinski definition) is 0. The molecular formula is C19H30O2S. The van der Waals surface area contributed by atoms with Gasteiger partial charge in [-0.15, -0.1) is 18.3 Å². The van der Waals surface area contributed by atoms with Crippen LogP contribution in [0.4, 0.5) is 0 Å². The minimum Gasteiger partial charge on any atom is -0.380 e. The van der Waals surface area contributed by atoms with Gasteiger partial charge in [-0.3, -0.25) is 0 Å². The predicted octanol–water partition coefficient (Wildman–Crippen LogP) is 5.11. The molecule has 0 N–H and O–H groups in total. The first-order valence-corrected chi connectivity index (χ1v) is 8.69. The van der Waals surface area contributed by atoms with Gasteiger partial charge in [-0.25, -0.2) is 0 Å². The van der Waals surface area contributed by atoms with E-state index >= 15 is 0 Å². The van der Waals surface area contributed by atoms with Crippen molar-refractivity contribution in [3.63, 3.8) is 0 Å². The molecule has 0 spiro atoms. The van der Waals surface area contributed by atoms with Crippen molar-refractivity contribution < 1.29 is 9.47 Å². The molecule has 0 amide bonds. The number of methoxy groups -OCH3 is 2. The first-order valence-electron chi connectivity index (χ1n) is 7.70. The van der Waals surface area contributed by atoms with Gasteiger partial charge in [-0.1, -0.05) is 37.1 Å². The molecule has 0 saturated carbocycles. The van der Waals surface area contributed by atoms with E-state index in [0.717, 1.165) is 17.7 Å². The van der Waals surface area contributed by atoms with Crippen molar-refractivity contribution in [2.24, 2.45) is 5.41 Å². The fourth-order valence-electron chi connectivity index (χ4n) is 2.57. The Bertz CT molecular complexity index is 465. The predicted molar refractivity (Wildman–Crippen MR) is 96.7 cm³/mol. The maximum atomic E-state index is 5.79. The van der Waals surface area contributed by atoms with E-state index in [2.05, 4.69) is 51.6 Å². The number of thioether (sulfide) groups is 1. The summed E-state index contributed by atoms with van der Waals surface area (Å²) in [4.78, 5) is 1.28. The summed E-state index contributed by atoms with van der Waals surface area (Å²) in [6.45, 7) is 12.6. The highest BCUT2D eigenvalue weighted by Gasteiger charge is 2.37. The summed E-state index contributed by atoms with van der Waals surface area (Å²) in [7, 11) is 3.56. The van der Waals surface area contributed by atoms with Gasteiger partial charge in [0.15, 0.2) is 0 Å². The van der Waals surface area contributed by atoms with Gasteiger partial charge in [0.1, 0.15) is 0 Å². The van der Waals surface area contributed by atoms with Crippen LogP contribution in [-0.2, 0) is 9.47 Å². The maximum Gasteiger partial charge on any atom is 0.0740 e. The van der Waals surface area contributed by atoms with Crippen molar-refractivity contribution in [2.75, 3.05) is 20.0 Å². The van der Waals surface area contributed by atoms with Crippen LogP contribution in [0.3, 0.4) is 0 Å². The van der Waals surface area contributed by atoms with Gasteiger partial charge >= 0.3 is 0 Å². The highest BCUT2D eigenvalue weighted by atomic mass is 32.2. The molecule has 0 radical (unpaired) electrons. The molecule has 0 aliphatic heterocycles. The Labute approximate surface area is 140 Å². The number of rotatable bonds is 9. The lowest BCUT2D eigenvalue weighted by atomic mass is 9.78. The fourth-order valence-corrected chi connectivity index (χ4v) is 3.80. The molecule has 0 saturated heterocycles. The van der Waals surface area contributed by atoms with Crippen LogP contribution in [0.1, 0.15) is 32.8 Å². The molecular weight excluding hydrogens is 292 g/mol. The summed E-state index contributed by atoms with van der Waals surface area (Å²) < 4.78 is 11.5. The standard InChI is InChI=1S/C19H30O2S/c1-14(2)12-17(20-6)19(4,5)18(21-7)13-22-16-10-8-15(3)9-11-16/h8-11,17-18H,1,12-13H2,2-7H3/t17-,18-/m0/s1. The van der Waals surface area contributed by atoms with Crippen molar-refractivity contribution in [3.8, 4) is 0 Å². The third-order valence-electron chi connectivity index (χ3n) is 4.18. The van der Waals surface area contributed by atoms with Gasteiger partial charge in [0.25, 0.3) is 0 Å². The average molecular weight is 323 g/mol. The zero-order chi connectivity index (χ0) is 16.8. The molecule has 1 aromatic rings. The Morgan fingerprint density at radius 2 is 1.68 bits per heavy atom. The number of ether oxygens (including phenoxy) is 2. The molecule has 1 rings (SSSR count). The van der Waals surface area contributed by atoms with Crippen molar-refractivity contribution in [1.29, 1.82) is 0 Å². The smallest absolute Gasteiger partial charge is 0.0740 e. The van der Waals surface area contributed by atoms with Crippen LogP contribution in [0.2, 0.25) is 0 Å². The first-order chi connectivity index (χ1) is 10.3. The van der Waals surface area contributed by atoms with Crippen LogP contribution >= 0.6 is 11.8 Å². The summed E-state index contributed by atoms with van der Waals surface area (Å²) in [6, 6.07) is 8.63. The topological polar surface area (TPSA) is 18.5 Å². The summed E-state index contributed by atoms with van der Waals surface area (Å²) in [5.74, 6) is 0.905. The molecule has 2 nitrogen and oxygen atoms in total. The number of benzene rings is 1. The second-order valence-corrected chi connectivity index (χ2v) is 7.65. The summed E-state index contributed by atoms with van der Waals surface area (Å²) in [5, 5.41) is 0. The molecule has 0 unspecified atom stereocenters. The molecule has 0 bridgehead atoms. The van der Waals surface area contributed by atoms with Gasteiger partial charge in [-0.2, -0.15) is 0 Å². The number of aryl methyl sites for hydroxylation is 1. The van der Waals surface area contributed by atoms with Crippen molar-refractivity contribution in [2.45, 2.75) is 51.2 Å². The van der Waals surface area contributed by atoms with E-state index in [9.17, 15) is 0 Å². The lowest BCUT2D eigenvalue weighted by Crippen LogP contribution is -2.44. The van der Waals surface area contributed by atoms with Gasteiger partial charge in [0.05, 0.1) is 12.2 Å². The third-order valence-corrected chi connectivity index (χ3v) is 5.26. The van der Waals surface area contributed by atoms with Crippen molar-refractivity contribution in [1.82, 2.24) is 0 Å². The molecule has 22 heavy (non-hydrogen) atoms. The summed E-state index contributed by atoms with van der Waals surface area (Å²) in [6.07, 6.45) is 1.08. The minimum atomic E-state index is -0.0832. The zero-order valence-corrected chi connectivity index (χ0v) is 15.6. The maximum absolute atomic E-state index is 5.79. The molecule has 0 fully saturated rings. The highest BCUT2D eigenvalue weighted by molar-refractivity contribution is 7.99. The Morgan fingerprint density at radius 3 is 2.14 bits per heavy atom. The van der Waals surface area contributed by atoms with E-state index in [0.29, 0.717) is 0 Å². The van der Waals surface area contributed by atoms with Crippen LogP contribution < -0.4 is 0 Å². The third kappa shape index (κ3) is 5.45. The fraction of sp³-hybridized carbons (Fsp3) is 0.579. The van der Waals surface area contributed by atoms with E-state index in [-0.39, 0.29) is 17.6 Å². The molecule has 2 atom stereocenters. The van der Waals surface area contributed by atoms with Crippen LogP contribution in [0.5, 0.6) is 0 Å². The lowest BCUT2D eigenvalue weighted by molar-refractivity contribution is -0.0733. The van der Waals surface area contributed by atoms with E-state index in [1.54, 1.807) is 14.2 Å². The van der Waals surface area contributed by atoms with Gasteiger partial charge in [0, 0.05) is 30.3 Å². The van der Waals surface area contributed by atoms with E-state index in [4.69, 9.17) is 9.47 Å². The zero-order valence-electron chi connectivity index (χ0n) is 14.8. The quantitative estimate of drug-likeness (QED) is 0.465. The SMILES string of the molecule is C=C(C)C[C@H](OC)C(C)(C)[C@H](CSc1ccc(C)cc1)OC. The van der Waals surface area contributed by atoms with Gasteiger partial charge in [0.2, 0.25) is 0 Å². The normalized spacial score (nSPS) is 14.6. The first kappa shape index (κ1) is 19.3. The van der Waals surface area contributed by atoms with Crippen LogP contribution in [0, 0.1) is 12.3 Å². The van der Waals surface area contributed by atoms with Crippen molar-refractivity contribution >= 4 is 11.8 Å². The number of hydrogen-bond acceptors (Lipinski definition) is 3. The second-order valence-electron chi connectivity index (χ2n) is 6.56. The van der Waals surface area contributed by atoms with Crippen LogP contribution in [-0.4, -0.2) is 32.2 Å². The molecule has 0 aromatic heterocycles. The summed E-state index contributed by atoms with van der Waals surface area (Å²) >= 11 is 1.83. The Kier molecular flexibility index (Phi) is 7.67. The largest absolute Gasteiger partial charge is 0.380 e. The Morgan fingerprint density at radius 1 is 1.14 bits per heavy atom. The Hall–Kier alpha value is -0.770. The monoisotopic (exact) mass is 322 g/mol. The minimum absolute atomic E-state index is 0.0832. The van der Waals surface area contributed by atoms with Gasteiger partial charge in [-0.05, 0) is 32.4 Å². The van der Waals surface area contributed by atoms with Crippen LogP contribution in [0.15, 0.2) is 41.3 Å². The molecule has 1 aromatic carbocycles. The van der Waals surface area contributed by atoms with Crippen LogP contribution in [0.25, 0.3) is 0 Å². The molecule has 3 heteroatoms. The lowest BCUT2D eigenvalue weighted by Gasteiger charge is -2.39. The molecule has 0 heterocycles. The van der Waals surface area contributed by atoms with E-state index < -0.39 is 0 Å². The second kappa shape index (κ2) is 8.76. The average Bonchev–Trinajstić information content (AvgIpc) is 2.46. The van der Waals surface area contributed by atoms with Crippen molar-refractivity contribution in [3.05, 3.63) is 42.0 Å². The molecule has 124 valence electrons. The summed E-state index contributed by atoms with van der Waals surface area (Å²) in [5.41, 5.74) is 2.34. The molecule has 0 aliphatic carbocycles. The van der Waals surface area contributed by atoms with Gasteiger partial charge < -0.3 is 9.47 Å².